The Hall–Kier alpha value is -1.78. The molecule has 4 nitrogen and oxygen atoms in total. The lowest BCUT2D eigenvalue weighted by Gasteiger charge is -2.19. The van der Waals surface area contributed by atoms with Gasteiger partial charge in [0.1, 0.15) is 11.7 Å². The SMILES string of the molecule is CCC(C/C(N)=N/O)Nc1c(C)cccc1F. The van der Waals surface area contributed by atoms with Crippen LogP contribution in [0.5, 0.6) is 0 Å². The standard InChI is InChI=1S/C12H18FN3O/c1-3-9(7-11(14)16-17)15-12-8(2)5-4-6-10(12)13/h4-6,9,15,17H,3,7H2,1-2H3,(H2,14,16). The molecule has 4 N–H and O–H groups in total. The van der Waals surface area contributed by atoms with Crippen LogP contribution in [0.15, 0.2) is 23.4 Å². The molecular weight excluding hydrogens is 221 g/mol. The number of nitrogens with one attached hydrogen (secondary N) is 1. The zero-order valence-corrected chi connectivity index (χ0v) is 10.1. The van der Waals surface area contributed by atoms with Gasteiger partial charge in [-0.1, -0.05) is 24.2 Å². The molecule has 0 aliphatic rings. The molecule has 0 spiro atoms. The molecule has 0 heterocycles. The van der Waals surface area contributed by atoms with Gasteiger partial charge in [-0.25, -0.2) is 4.39 Å². The van der Waals surface area contributed by atoms with Crippen LogP contribution in [0.1, 0.15) is 25.3 Å². The van der Waals surface area contributed by atoms with E-state index < -0.39 is 0 Å². The highest BCUT2D eigenvalue weighted by atomic mass is 19.1. The molecule has 0 radical (unpaired) electrons. The first kappa shape index (κ1) is 13.3. The molecule has 0 saturated heterocycles. The summed E-state index contributed by atoms with van der Waals surface area (Å²) >= 11 is 0. The predicted octanol–water partition coefficient (Wildman–Crippen LogP) is 2.46. The van der Waals surface area contributed by atoms with Gasteiger partial charge in [0.25, 0.3) is 0 Å². The molecule has 0 amide bonds. The second-order valence-corrected chi connectivity index (χ2v) is 3.98. The van der Waals surface area contributed by atoms with Crippen molar-refractivity contribution < 1.29 is 9.60 Å². The normalized spacial score (nSPS) is 13.5. The fraction of sp³-hybridized carbons (Fsp3) is 0.417. The van der Waals surface area contributed by atoms with Crippen LogP contribution in [0.25, 0.3) is 0 Å². The van der Waals surface area contributed by atoms with Crippen molar-refractivity contribution in [3.05, 3.63) is 29.6 Å². The highest BCUT2D eigenvalue weighted by Gasteiger charge is 2.12. The molecule has 1 rings (SSSR count). The molecule has 0 aliphatic carbocycles. The van der Waals surface area contributed by atoms with Gasteiger partial charge in [0, 0.05) is 12.5 Å². The summed E-state index contributed by atoms with van der Waals surface area (Å²) in [5.41, 5.74) is 6.76. The maximum Gasteiger partial charge on any atom is 0.146 e. The van der Waals surface area contributed by atoms with Gasteiger partial charge in [-0.2, -0.15) is 0 Å². The van der Waals surface area contributed by atoms with Crippen LogP contribution in [-0.2, 0) is 0 Å². The van der Waals surface area contributed by atoms with Gasteiger partial charge in [0.05, 0.1) is 5.69 Å². The highest BCUT2D eigenvalue weighted by molar-refractivity contribution is 5.80. The molecule has 0 aliphatic heterocycles. The van der Waals surface area contributed by atoms with Crippen molar-refractivity contribution in [2.24, 2.45) is 10.9 Å². The van der Waals surface area contributed by atoms with Gasteiger partial charge in [-0.3, -0.25) is 0 Å². The van der Waals surface area contributed by atoms with E-state index >= 15 is 0 Å². The van der Waals surface area contributed by atoms with E-state index in [0.717, 1.165) is 12.0 Å². The zero-order chi connectivity index (χ0) is 12.8. The van der Waals surface area contributed by atoms with E-state index in [-0.39, 0.29) is 17.7 Å². The number of halogens is 1. The number of amidine groups is 1. The average molecular weight is 239 g/mol. The number of hydrogen-bond acceptors (Lipinski definition) is 3. The van der Waals surface area contributed by atoms with Crippen LogP contribution in [0, 0.1) is 12.7 Å². The molecule has 1 aromatic rings. The van der Waals surface area contributed by atoms with Crippen LogP contribution in [0.3, 0.4) is 0 Å². The summed E-state index contributed by atoms with van der Waals surface area (Å²) in [4.78, 5) is 0. The first-order chi connectivity index (χ1) is 8.08. The number of rotatable bonds is 5. The van der Waals surface area contributed by atoms with Crippen molar-refractivity contribution in [3.8, 4) is 0 Å². The van der Waals surface area contributed by atoms with Crippen LogP contribution in [0.2, 0.25) is 0 Å². The lowest BCUT2D eigenvalue weighted by atomic mass is 10.1. The third-order valence-electron chi connectivity index (χ3n) is 2.65. The number of para-hydroxylation sites is 1. The molecule has 1 atom stereocenters. The number of hydrogen-bond donors (Lipinski definition) is 3. The van der Waals surface area contributed by atoms with Crippen LogP contribution in [-0.4, -0.2) is 17.1 Å². The minimum atomic E-state index is -0.289. The fourth-order valence-electron chi connectivity index (χ4n) is 1.61. The summed E-state index contributed by atoms with van der Waals surface area (Å²) in [6.45, 7) is 3.79. The van der Waals surface area contributed by atoms with E-state index in [0.29, 0.717) is 12.1 Å². The molecule has 17 heavy (non-hydrogen) atoms. The van der Waals surface area contributed by atoms with Gasteiger partial charge < -0.3 is 16.3 Å². The largest absolute Gasteiger partial charge is 0.409 e. The second kappa shape index (κ2) is 6.08. The van der Waals surface area contributed by atoms with Crippen LogP contribution in [0.4, 0.5) is 10.1 Å². The molecule has 94 valence electrons. The van der Waals surface area contributed by atoms with E-state index in [1.165, 1.54) is 6.07 Å². The first-order valence-corrected chi connectivity index (χ1v) is 5.56. The predicted molar refractivity (Wildman–Crippen MR) is 66.9 cm³/mol. The topological polar surface area (TPSA) is 70.6 Å². The van der Waals surface area contributed by atoms with Crippen molar-refractivity contribution >= 4 is 11.5 Å². The van der Waals surface area contributed by atoms with E-state index in [1.807, 2.05) is 19.9 Å². The number of oxime groups is 1. The van der Waals surface area contributed by atoms with Gasteiger partial charge in [0.15, 0.2) is 0 Å². The fourth-order valence-corrected chi connectivity index (χ4v) is 1.61. The Morgan fingerprint density at radius 2 is 2.29 bits per heavy atom. The van der Waals surface area contributed by atoms with Crippen molar-refractivity contribution in [3.63, 3.8) is 0 Å². The quantitative estimate of drug-likeness (QED) is 0.320. The van der Waals surface area contributed by atoms with Crippen molar-refractivity contribution in [1.29, 1.82) is 0 Å². The van der Waals surface area contributed by atoms with Crippen molar-refractivity contribution in [2.45, 2.75) is 32.7 Å². The Bertz CT molecular complexity index is 386. The monoisotopic (exact) mass is 239 g/mol. The number of nitrogens with two attached hydrogens (primary N) is 1. The molecule has 0 fully saturated rings. The highest BCUT2D eigenvalue weighted by Crippen LogP contribution is 2.21. The lowest BCUT2D eigenvalue weighted by Crippen LogP contribution is -2.27. The summed E-state index contributed by atoms with van der Waals surface area (Å²) < 4.78 is 13.6. The maximum atomic E-state index is 13.6. The van der Waals surface area contributed by atoms with Gasteiger partial charge in [-0.15, -0.1) is 0 Å². The van der Waals surface area contributed by atoms with E-state index in [4.69, 9.17) is 10.9 Å². The maximum absolute atomic E-state index is 13.6. The van der Waals surface area contributed by atoms with Gasteiger partial charge >= 0.3 is 0 Å². The number of aryl methyl sites for hydroxylation is 1. The van der Waals surface area contributed by atoms with Crippen molar-refractivity contribution in [2.75, 3.05) is 5.32 Å². The second-order valence-electron chi connectivity index (χ2n) is 3.98. The Morgan fingerprint density at radius 1 is 1.59 bits per heavy atom. The first-order valence-electron chi connectivity index (χ1n) is 5.56. The van der Waals surface area contributed by atoms with Crippen LogP contribution >= 0.6 is 0 Å². The Kier molecular flexibility index (Phi) is 4.75. The third kappa shape index (κ3) is 3.62. The molecule has 1 aromatic carbocycles. The summed E-state index contributed by atoms with van der Waals surface area (Å²) in [6, 6.07) is 4.86. The third-order valence-corrected chi connectivity index (χ3v) is 2.65. The van der Waals surface area contributed by atoms with E-state index in [2.05, 4.69) is 10.5 Å². The number of anilines is 1. The summed E-state index contributed by atoms with van der Waals surface area (Å²) in [5, 5.41) is 14.5. The molecule has 5 heteroatoms. The molecular formula is C12H18FN3O. The smallest absolute Gasteiger partial charge is 0.146 e. The molecule has 1 unspecified atom stereocenters. The van der Waals surface area contributed by atoms with E-state index in [1.54, 1.807) is 6.07 Å². The summed E-state index contributed by atoms with van der Waals surface area (Å²) in [7, 11) is 0. The Labute approximate surface area is 100 Å². The average Bonchev–Trinajstić information content (AvgIpc) is 2.32. The number of benzene rings is 1. The number of nitrogens with zero attached hydrogens (tertiary/aromatic N) is 1. The summed E-state index contributed by atoms with van der Waals surface area (Å²) in [6.07, 6.45) is 1.13. The van der Waals surface area contributed by atoms with Crippen molar-refractivity contribution in [1.82, 2.24) is 0 Å². The molecule has 0 saturated carbocycles. The molecule has 0 aromatic heterocycles. The van der Waals surface area contributed by atoms with Gasteiger partial charge in [-0.05, 0) is 25.0 Å². The minimum absolute atomic E-state index is 0.0542. The summed E-state index contributed by atoms with van der Waals surface area (Å²) in [5.74, 6) is -0.152. The Morgan fingerprint density at radius 3 is 2.82 bits per heavy atom. The van der Waals surface area contributed by atoms with Gasteiger partial charge in [0.2, 0.25) is 0 Å². The molecule has 0 bridgehead atoms. The zero-order valence-electron chi connectivity index (χ0n) is 10.1. The lowest BCUT2D eigenvalue weighted by molar-refractivity contribution is 0.316. The Balaban J connectivity index is 2.80. The van der Waals surface area contributed by atoms with E-state index in [9.17, 15) is 4.39 Å². The van der Waals surface area contributed by atoms with Crippen LogP contribution < -0.4 is 11.1 Å². The minimum Gasteiger partial charge on any atom is -0.409 e.